The number of nitrogens with one attached hydrogen (secondary N) is 4. The summed E-state index contributed by atoms with van der Waals surface area (Å²) in [6, 6.07) is -1.77. The first kappa shape index (κ1) is 23.8. The normalized spacial score (nSPS) is 24.6. The van der Waals surface area contributed by atoms with Gasteiger partial charge in [0, 0.05) is 13.1 Å². The number of hydrogen-bond acceptors (Lipinski definition) is 6. The van der Waals surface area contributed by atoms with Crippen LogP contribution in [0.5, 0.6) is 0 Å². The van der Waals surface area contributed by atoms with Crippen molar-refractivity contribution in [1.82, 2.24) is 21.3 Å². The lowest BCUT2D eigenvalue weighted by Crippen LogP contribution is -2.57. The number of carbonyl (C=O) groups excluding carboxylic acids is 4. The van der Waals surface area contributed by atoms with Crippen molar-refractivity contribution in [2.75, 3.05) is 39.5 Å². The van der Waals surface area contributed by atoms with Crippen LogP contribution in [0.25, 0.3) is 0 Å². The van der Waals surface area contributed by atoms with Gasteiger partial charge in [0.15, 0.2) is 0 Å². The number of rotatable bonds is 2. The molecule has 1 aliphatic heterocycles. The summed E-state index contributed by atoms with van der Waals surface area (Å²) < 4.78 is 10.7. The maximum atomic E-state index is 12.3. The Balaban J connectivity index is 2.87. The molecule has 2 atom stereocenters. The summed E-state index contributed by atoms with van der Waals surface area (Å²) in [5, 5.41) is 10.2. The molecule has 1 rings (SSSR count). The van der Waals surface area contributed by atoms with Crippen molar-refractivity contribution >= 4 is 23.6 Å². The third-order valence-corrected chi connectivity index (χ3v) is 4.14. The molecule has 10 heteroatoms. The van der Waals surface area contributed by atoms with Gasteiger partial charge in [-0.05, 0) is 11.8 Å². The van der Waals surface area contributed by atoms with Crippen LogP contribution in [0.1, 0.15) is 27.7 Å². The van der Waals surface area contributed by atoms with Crippen LogP contribution < -0.4 is 21.3 Å². The van der Waals surface area contributed by atoms with Gasteiger partial charge >= 0.3 is 11.8 Å². The second-order valence-electron chi connectivity index (χ2n) is 7.20. The van der Waals surface area contributed by atoms with E-state index in [1.54, 1.807) is 27.7 Å². The molecule has 1 saturated heterocycles. The highest BCUT2D eigenvalue weighted by Crippen LogP contribution is 2.04. The van der Waals surface area contributed by atoms with Crippen LogP contribution in [0.3, 0.4) is 0 Å². The monoisotopic (exact) mass is 400 g/mol. The SMILES string of the molecule is CC(C)[C@@H]1NC(=O)C(=O)N[C@@H](C(C)C)C(=O)NCCOCCOCCNC1=O. The molecular formula is C18H32N4O6. The lowest BCUT2D eigenvalue weighted by atomic mass is 10.0. The third-order valence-electron chi connectivity index (χ3n) is 4.14. The minimum atomic E-state index is -0.965. The third kappa shape index (κ3) is 8.22. The summed E-state index contributed by atoms with van der Waals surface area (Å²) in [4.78, 5) is 49.2. The molecule has 1 heterocycles. The van der Waals surface area contributed by atoms with E-state index < -0.39 is 35.7 Å². The Morgan fingerprint density at radius 1 is 0.679 bits per heavy atom. The van der Waals surface area contributed by atoms with Crippen molar-refractivity contribution in [2.24, 2.45) is 11.8 Å². The van der Waals surface area contributed by atoms with Gasteiger partial charge in [-0.15, -0.1) is 0 Å². The van der Waals surface area contributed by atoms with E-state index >= 15 is 0 Å². The minimum absolute atomic E-state index is 0.235. The summed E-state index contributed by atoms with van der Waals surface area (Å²) in [5.74, 6) is -3.21. The zero-order valence-electron chi connectivity index (χ0n) is 17.0. The fraction of sp³-hybridized carbons (Fsp3) is 0.778. The van der Waals surface area contributed by atoms with E-state index in [0.29, 0.717) is 26.4 Å². The lowest BCUT2D eigenvalue weighted by molar-refractivity contribution is -0.142. The standard InChI is InChI=1S/C18H32N4O6/c1-11(2)13-15(23)19-5-7-27-9-10-28-8-6-20-16(24)14(12(3)4)22-18(26)17(25)21-13/h11-14H,5-10H2,1-4H3,(H,19,23)(H,20,24)(H,21,25)(H,22,26)/t13-,14-/m0/s1. The highest BCUT2D eigenvalue weighted by atomic mass is 16.5. The highest BCUT2D eigenvalue weighted by molar-refractivity contribution is 6.35. The summed E-state index contributed by atoms with van der Waals surface area (Å²) in [6.45, 7) is 8.88. The Bertz CT molecular complexity index is 504. The topological polar surface area (TPSA) is 135 Å². The Morgan fingerprint density at radius 2 is 1.04 bits per heavy atom. The molecule has 0 aliphatic carbocycles. The van der Waals surface area contributed by atoms with Gasteiger partial charge < -0.3 is 30.7 Å². The van der Waals surface area contributed by atoms with Crippen LogP contribution in [-0.4, -0.2) is 75.2 Å². The van der Waals surface area contributed by atoms with Gasteiger partial charge in [-0.25, -0.2) is 0 Å². The molecule has 160 valence electrons. The molecule has 10 nitrogen and oxygen atoms in total. The first-order valence-electron chi connectivity index (χ1n) is 9.56. The average Bonchev–Trinajstić information content (AvgIpc) is 2.63. The molecule has 0 spiro atoms. The number of amides is 4. The molecular weight excluding hydrogens is 368 g/mol. The number of ether oxygens (including phenoxy) is 2. The van der Waals surface area contributed by atoms with Crippen LogP contribution in [0, 0.1) is 11.8 Å². The molecule has 1 aliphatic rings. The number of hydrogen-bond donors (Lipinski definition) is 4. The molecule has 1 fully saturated rings. The van der Waals surface area contributed by atoms with E-state index in [0.717, 1.165) is 0 Å². The quantitative estimate of drug-likeness (QED) is 0.419. The van der Waals surface area contributed by atoms with Gasteiger partial charge in [-0.2, -0.15) is 0 Å². The average molecular weight is 400 g/mol. The molecule has 4 amide bonds. The zero-order chi connectivity index (χ0) is 21.1. The van der Waals surface area contributed by atoms with Crippen LogP contribution >= 0.6 is 0 Å². The van der Waals surface area contributed by atoms with E-state index in [1.807, 2.05) is 0 Å². The van der Waals surface area contributed by atoms with E-state index in [-0.39, 0.29) is 24.9 Å². The maximum Gasteiger partial charge on any atom is 0.309 e. The summed E-state index contributed by atoms with van der Waals surface area (Å²) in [7, 11) is 0. The molecule has 28 heavy (non-hydrogen) atoms. The van der Waals surface area contributed by atoms with Crippen molar-refractivity contribution in [3.8, 4) is 0 Å². The second kappa shape index (κ2) is 12.3. The van der Waals surface area contributed by atoms with E-state index in [1.165, 1.54) is 0 Å². The Morgan fingerprint density at radius 3 is 1.36 bits per heavy atom. The smallest absolute Gasteiger partial charge is 0.309 e. The van der Waals surface area contributed by atoms with E-state index in [4.69, 9.17) is 9.47 Å². The van der Waals surface area contributed by atoms with Crippen molar-refractivity contribution < 1.29 is 28.7 Å². The number of carbonyl (C=O) groups is 4. The van der Waals surface area contributed by atoms with Gasteiger partial charge in [-0.3, -0.25) is 19.2 Å². The molecule has 0 aromatic heterocycles. The van der Waals surface area contributed by atoms with Crippen molar-refractivity contribution in [3.05, 3.63) is 0 Å². The highest BCUT2D eigenvalue weighted by Gasteiger charge is 2.30. The molecule has 0 saturated carbocycles. The molecule has 0 aromatic rings. The Hall–Kier alpha value is -2.20. The maximum absolute atomic E-state index is 12.3. The predicted octanol–water partition coefficient (Wildman–Crippen LogP) is -1.45. The van der Waals surface area contributed by atoms with Crippen LogP contribution in [0.15, 0.2) is 0 Å². The molecule has 0 unspecified atom stereocenters. The fourth-order valence-electron chi connectivity index (χ4n) is 2.52. The summed E-state index contributed by atoms with van der Waals surface area (Å²) in [6.07, 6.45) is 0. The van der Waals surface area contributed by atoms with E-state index in [9.17, 15) is 19.2 Å². The Kier molecular flexibility index (Phi) is 10.5. The molecule has 0 aromatic carbocycles. The van der Waals surface area contributed by atoms with Crippen molar-refractivity contribution in [3.63, 3.8) is 0 Å². The molecule has 0 bridgehead atoms. The summed E-state index contributed by atoms with van der Waals surface area (Å²) >= 11 is 0. The van der Waals surface area contributed by atoms with Crippen LogP contribution in [-0.2, 0) is 28.7 Å². The van der Waals surface area contributed by atoms with Crippen LogP contribution in [0.4, 0.5) is 0 Å². The van der Waals surface area contributed by atoms with E-state index in [2.05, 4.69) is 21.3 Å². The Labute approximate surface area is 165 Å². The van der Waals surface area contributed by atoms with Gasteiger partial charge in [0.05, 0.1) is 26.4 Å². The lowest BCUT2D eigenvalue weighted by Gasteiger charge is -2.24. The van der Waals surface area contributed by atoms with Gasteiger partial charge in [0.2, 0.25) is 11.8 Å². The first-order chi connectivity index (χ1) is 13.2. The zero-order valence-corrected chi connectivity index (χ0v) is 17.0. The van der Waals surface area contributed by atoms with Crippen molar-refractivity contribution in [2.45, 2.75) is 39.8 Å². The fourth-order valence-corrected chi connectivity index (χ4v) is 2.52. The largest absolute Gasteiger partial charge is 0.377 e. The minimum Gasteiger partial charge on any atom is -0.377 e. The predicted molar refractivity (Wildman–Crippen MR) is 101 cm³/mol. The molecule has 0 radical (unpaired) electrons. The molecule has 4 N–H and O–H groups in total. The summed E-state index contributed by atoms with van der Waals surface area (Å²) in [5.41, 5.74) is 0. The first-order valence-corrected chi connectivity index (χ1v) is 9.56. The van der Waals surface area contributed by atoms with Gasteiger partial charge in [-0.1, -0.05) is 27.7 Å². The second-order valence-corrected chi connectivity index (χ2v) is 7.20. The van der Waals surface area contributed by atoms with Crippen LogP contribution in [0.2, 0.25) is 0 Å². The van der Waals surface area contributed by atoms with Crippen molar-refractivity contribution in [1.29, 1.82) is 0 Å². The van der Waals surface area contributed by atoms with Gasteiger partial charge in [0.25, 0.3) is 0 Å². The van der Waals surface area contributed by atoms with Gasteiger partial charge in [0.1, 0.15) is 12.1 Å².